The first-order valence-electron chi connectivity index (χ1n) is 12.2. The fourth-order valence-corrected chi connectivity index (χ4v) is 7.50. The Bertz CT molecular complexity index is 1890. The number of ether oxygens (including phenoxy) is 1. The van der Waals surface area contributed by atoms with Crippen molar-refractivity contribution in [3.05, 3.63) is 83.4 Å². The predicted octanol–water partition coefficient (Wildman–Crippen LogP) is 4.14. The number of hydrogen-bond donors (Lipinski definition) is 0. The van der Waals surface area contributed by atoms with Crippen LogP contribution in [0.5, 0.6) is 5.75 Å². The first kappa shape index (κ1) is 22.0. The molecule has 0 saturated heterocycles. The van der Waals surface area contributed by atoms with Gasteiger partial charge < -0.3 is 0 Å². The Labute approximate surface area is 224 Å². The molecule has 3 heterocycles. The van der Waals surface area contributed by atoms with Crippen molar-refractivity contribution in [2.24, 2.45) is 7.05 Å². The maximum atomic E-state index is 5.76. The molecule has 0 N–H and O–H groups in total. The number of para-hydroxylation sites is 1. The zero-order valence-electron chi connectivity index (χ0n) is 21.1. The van der Waals surface area contributed by atoms with E-state index in [1.54, 1.807) is 7.11 Å². The summed E-state index contributed by atoms with van der Waals surface area (Å²) in [5, 5.41) is 0. The molecule has 36 heavy (non-hydrogen) atoms. The Hall–Kier alpha value is -3.24. The molecule has 6 aromatic rings. The van der Waals surface area contributed by atoms with Gasteiger partial charge in [-0.3, -0.25) is 0 Å². The molecule has 0 bridgehead atoms. The fourth-order valence-electron chi connectivity index (χ4n) is 6.24. The van der Waals surface area contributed by atoms with Crippen molar-refractivity contribution < 1.29 is 9.30 Å². The fraction of sp³-hybridized carbons (Fsp3) is 0.200. The second-order valence-electron chi connectivity index (χ2n) is 10.2. The van der Waals surface area contributed by atoms with Gasteiger partial charge in [-0.2, -0.15) is 0 Å². The average molecular weight is 670 g/mol. The molecule has 1 aliphatic rings. The summed E-state index contributed by atoms with van der Waals surface area (Å²) in [6, 6.07) is 24.2. The Kier molecular flexibility index (Phi) is 4.52. The van der Waals surface area contributed by atoms with Crippen molar-refractivity contribution in [2.75, 3.05) is 7.11 Å². The van der Waals surface area contributed by atoms with Crippen molar-refractivity contribution in [3.8, 4) is 22.8 Å². The second kappa shape index (κ2) is 7.39. The summed E-state index contributed by atoms with van der Waals surface area (Å²) >= 11 is 0.717. The number of aromatic nitrogens is 4. The molecule has 6 heteroatoms. The Morgan fingerprint density at radius 1 is 0.917 bits per heavy atom. The van der Waals surface area contributed by atoms with E-state index < -0.39 is 0 Å². The number of fused-ring (bicyclic) bond motifs is 8. The Balaban J connectivity index is 1.66. The SMILES string of the molecule is COc1ccc2c(c1C)n(-c1ccc3c([n+]1C)-c1ccccc1C3(C)C)c1nc3[c]([BiH2])cccc3n21. The minimum absolute atomic E-state index is 0.0416. The van der Waals surface area contributed by atoms with E-state index in [9.17, 15) is 0 Å². The predicted molar refractivity (Wildman–Crippen MR) is 148 cm³/mol. The number of aryl methyl sites for hydroxylation is 1. The molecule has 7 rings (SSSR count). The van der Waals surface area contributed by atoms with Crippen LogP contribution in [0.3, 0.4) is 0 Å². The number of methoxy groups -OCH3 is 1. The van der Waals surface area contributed by atoms with Crippen molar-refractivity contribution in [2.45, 2.75) is 26.2 Å². The molecule has 0 unspecified atom stereocenters. The number of hydrogen-bond acceptors (Lipinski definition) is 2. The van der Waals surface area contributed by atoms with E-state index in [4.69, 9.17) is 9.72 Å². The first-order valence-corrected chi connectivity index (χ1v) is 14.5. The van der Waals surface area contributed by atoms with Crippen LogP contribution in [0.25, 0.3) is 44.9 Å². The molecule has 1 aliphatic carbocycles. The number of pyridine rings is 1. The van der Waals surface area contributed by atoms with Crippen molar-refractivity contribution >= 4 is 55.8 Å². The van der Waals surface area contributed by atoms with Crippen LogP contribution in [-0.4, -0.2) is 45.8 Å². The molecule has 3 aromatic carbocycles. The molecule has 0 amide bonds. The van der Waals surface area contributed by atoms with Crippen LogP contribution >= 0.6 is 0 Å². The summed E-state index contributed by atoms with van der Waals surface area (Å²) in [5.74, 6) is 2.91. The van der Waals surface area contributed by atoms with Crippen LogP contribution in [0.1, 0.15) is 30.5 Å². The van der Waals surface area contributed by atoms with Gasteiger partial charge >= 0.3 is 226 Å². The zero-order chi connectivity index (χ0) is 24.9. The minimum atomic E-state index is -0.0416. The number of nitrogens with zero attached hydrogens (tertiary/aromatic N) is 4. The van der Waals surface area contributed by atoms with E-state index in [2.05, 4.69) is 108 Å². The van der Waals surface area contributed by atoms with Gasteiger partial charge in [0.15, 0.2) is 0 Å². The summed E-state index contributed by atoms with van der Waals surface area (Å²) in [6.45, 7) is 6.79. The number of imidazole rings is 2. The van der Waals surface area contributed by atoms with Gasteiger partial charge in [-0.15, -0.1) is 0 Å². The molecular weight excluding hydrogens is 641 g/mol. The zero-order valence-corrected chi connectivity index (χ0v) is 25.6. The molecule has 0 radical (unpaired) electrons. The molecule has 178 valence electrons. The van der Waals surface area contributed by atoms with Crippen LogP contribution in [0.4, 0.5) is 0 Å². The van der Waals surface area contributed by atoms with Crippen molar-refractivity contribution in [1.29, 1.82) is 0 Å². The van der Waals surface area contributed by atoms with Gasteiger partial charge in [0.1, 0.15) is 0 Å². The summed E-state index contributed by atoms with van der Waals surface area (Å²) in [6.07, 6.45) is 0. The normalized spacial score (nSPS) is 14.1. The molecule has 0 aliphatic heterocycles. The third kappa shape index (κ3) is 2.63. The van der Waals surface area contributed by atoms with Gasteiger partial charge in [0, 0.05) is 0 Å². The van der Waals surface area contributed by atoms with E-state index in [-0.39, 0.29) is 5.41 Å². The first-order chi connectivity index (χ1) is 17.3. The maximum absolute atomic E-state index is 5.76. The number of benzene rings is 3. The average Bonchev–Trinajstić information content (AvgIpc) is 3.47. The van der Waals surface area contributed by atoms with Gasteiger partial charge in [0.2, 0.25) is 0 Å². The molecule has 3 aromatic heterocycles. The monoisotopic (exact) mass is 669 g/mol. The van der Waals surface area contributed by atoms with Gasteiger partial charge in [0.05, 0.1) is 0 Å². The van der Waals surface area contributed by atoms with E-state index >= 15 is 0 Å². The molecule has 0 fully saturated rings. The third-order valence-electron chi connectivity index (χ3n) is 8.03. The van der Waals surface area contributed by atoms with Crippen LogP contribution < -0.4 is 12.6 Å². The van der Waals surface area contributed by atoms with Crippen molar-refractivity contribution in [3.63, 3.8) is 0 Å². The van der Waals surface area contributed by atoms with Crippen LogP contribution in [0, 0.1) is 6.92 Å². The Morgan fingerprint density at radius 3 is 2.53 bits per heavy atom. The van der Waals surface area contributed by atoms with Crippen LogP contribution in [0.15, 0.2) is 66.7 Å². The van der Waals surface area contributed by atoms with Crippen LogP contribution in [0.2, 0.25) is 0 Å². The van der Waals surface area contributed by atoms with Gasteiger partial charge in [-0.05, 0) is 0 Å². The third-order valence-corrected chi connectivity index (χ3v) is 9.85. The quantitative estimate of drug-likeness (QED) is 0.206. The standard InChI is InChI=1S/C30H26N4O.Bi.2H/c1-18-25(35-5)16-15-24-27(18)34(29-31-22-12-8-9-13-23(22)33(24)29)26-17-14-21-28(32(26)4)19-10-6-7-11-20(19)30(21,2)3;;;/h6-11,13-17H,1-5H3;;;/q+1;;;. The summed E-state index contributed by atoms with van der Waals surface area (Å²) in [5.41, 5.74) is 10.9. The Morgan fingerprint density at radius 2 is 1.72 bits per heavy atom. The van der Waals surface area contributed by atoms with Crippen LogP contribution in [-0.2, 0) is 12.5 Å². The van der Waals surface area contributed by atoms with E-state index in [1.807, 2.05) is 0 Å². The molecule has 0 saturated carbocycles. The van der Waals surface area contributed by atoms with E-state index in [1.165, 1.54) is 25.7 Å². The van der Waals surface area contributed by atoms with Crippen molar-refractivity contribution in [1.82, 2.24) is 14.0 Å². The molecule has 0 atom stereocenters. The summed E-state index contributed by atoms with van der Waals surface area (Å²) in [7, 11) is 3.93. The van der Waals surface area contributed by atoms with Gasteiger partial charge in [0.25, 0.3) is 0 Å². The second-order valence-corrected chi connectivity index (χ2v) is 12.7. The molecule has 5 nitrogen and oxygen atoms in total. The molecular formula is C30H28BiN4O+. The van der Waals surface area contributed by atoms with E-state index in [0.29, 0.717) is 0 Å². The molecule has 0 spiro atoms. The van der Waals surface area contributed by atoms with Gasteiger partial charge in [-0.25, -0.2) is 0 Å². The summed E-state index contributed by atoms with van der Waals surface area (Å²) in [4.78, 5) is 5.25. The van der Waals surface area contributed by atoms with Gasteiger partial charge in [-0.1, -0.05) is 0 Å². The number of rotatable bonds is 2. The summed E-state index contributed by atoms with van der Waals surface area (Å²) < 4.78 is 14.1. The van der Waals surface area contributed by atoms with E-state index in [0.717, 1.165) is 69.7 Å². The topological polar surface area (TPSA) is 35.3 Å².